The highest BCUT2D eigenvalue weighted by Gasteiger charge is 2.22. The smallest absolute Gasteiger partial charge is 0.387 e. The number of hydrogen-bond acceptors (Lipinski definition) is 2. The van der Waals surface area contributed by atoms with Crippen molar-refractivity contribution in [3.8, 4) is 5.75 Å². The normalized spacial score (nSPS) is 16.4. The average Bonchev–Trinajstić information content (AvgIpc) is 2.41. The first-order chi connectivity index (χ1) is 9.16. The number of nitrogens with one attached hydrogen (secondary N) is 1. The molecule has 0 spiro atoms. The fourth-order valence-corrected chi connectivity index (χ4v) is 2.37. The summed E-state index contributed by atoms with van der Waals surface area (Å²) in [7, 11) is 0. The van der Waals surface area contributed by atoms with Crippen molar-refractivity contribution in [1.82, 2.24) is 0 Å². The molecule has 5 heteroatoms. The van der Waals surface area contributed by atoms with Crippen LogP contribution in [0.3, 0.4) is 0 Å². The molecule has 0 aliphatic heterocycles. The minimum absolute atomic E-state index is 0.00154. The quantitative estimate of drug-likeness (QED) is 0.902. The van der Waals surface area contributed by atoms with Crippen molar-refractivity contribution in [2.24, 2.45) is 5.92 Å². The van der Waals surface area contributed by atoms with Crippen LogP contribution in [0.4, 0.5) is 14.5 Å². The molecule has 1 aromatic rings. The zero-order chi connectivity index (χ0) is 13.7. The Morgan fingerprint density at radius 3 is 2.58 bits per heavy atom. The molecule has 3 nitrogen and oxygen atoms in total. The van der Waals surface area contributed by atoms with Crippen molar-refractivity contribution in [2.45, 2.75) is 38.7 Å². The van der Waals surface area contributed by atoms with Crippen LogP contribution in [0.2, 0.25) is 0 Å². The molecular formula is C14H17F2NO2. The second-order valence-electron chi connectivity index (χ2n) is 4.70. The Bertz CT molecular complexity index is 431. The lowest BCUT2D eigenvalue weighted by molar-refractivity contribution is -0.120. The van der Waals surface area contributed by atoms with Gasteiger partial charge in [0.25, 0.3) is 0 Å². The first-order valence-corrected chi connectivity index (χ1v) is 6.51. The van der Waals surface area contributed by atoms with Gasteiger partial charge >= 0.3 is 6.61 Å². The van der Waals surface area contributed by atoms with Crippen LogP contribution < -0.4 is 10.1 Å². The van der Waals surface area contributed by atoms with Gasteiger partial charge in [0.05, 0.1) is 5.69 Å². The summed E-state index contributed by atoms with van der Waals surface area (Å²) >= 11 is 0. The van der Waals surface area contributed by atoms with Crippen molar-refractivity contribution in [3.63, 3.8) is 0 Å². The summed E-state index contributed by atoms with van der Waals surface area (Å²) in [6.45, 7) is -2.90. The topological polar surface area (TPSA) is 38.3 Å². The van der Waals surface area contributed by atoms with E-state index in [2.05, 4.69) is 10.1 Å². The molecule has 1 aromatic carbocycles. The van der Waals surface area contributed by atoms with E-state index in [1.54, 1.807) is 18.2 Å². The van der Waals surface area contributed by atoms with Crippen LogP contribution in [0.1, 0.15) is 32.1 Å². The van der Waals surface area contributed by atoms with E-state index in [9.17, 15) is 13.6 Å². The summed E-state index contributed by atoms with van der Waals surface area (Å²) in [5.41, 5.74) is 0.304. The molecule has 104 valence electrons. The third-order valence-corrected chi connectivity index (χ3v) is 3.34. The van der Waals surface area contributed by atoms with Crippen LogP contribution >= 0.6 is 0 Å². The molecule has 19 heavy (non-hydrogen) atoms. The van der Waals surface area contributed by atoms with Crippen LogP contribution in [-0.2, 0) is 4.79 Å². The van der Waals surface area contributed by atoms with Gasteiger partial charge in [-0.05, 0) is 25.0 Å². The molecule has 1 N–H and O–H groups in total. The van der Waals surface area contributed by atoms with Gasteiger partial charge in [-0.1, -0.05) is 31.4 Å². The lowest BCUT2D eigenvalue weighted by Gasteiger charge is -2.21. The average molecular weight is 269 g/mol. The highest BCUT2D eigenvalue weighted by molar-refractivity contribution is 5.93. The van der Waals surface area contributed by atoms with Crippen LogP contribution in [0.25, 0.3) is 0 Å². The molecule has 0 heterocycles. The van der Waals surface area contributed by atoms with E-state index < -0.39 is 6.61 Å². The standard InChI is InChI=1S/C14H17F2NO2/c15-14(16)19-12-9-5-4-8-11(12)17-13(18)10-6-2-1-3-7-10/h4-5,8-10,14H,1-3,6-7H2,(H,17,18). The summed E-state index contributed by atoms with van der Waals surface area (Å²) in [5, 5.41) is 2.69. The SMILES string of the molecule is O=C(Nc1ccccc1OC(F)F)C1CCCCC1. The Balaban J connectivity index is 2.03. The van der Waals surface area contributed by atoms with Gasteiger partial charge in [0, 0.05) is 5.92 Å². The van der Waals surface area contributed by atoms with Gasteiger partial charge in [0.1, 0.15) is 5.75 Å². The number of carbonyl (C=O) groups is 1. The van der Waals surface area contributed by atoms with E-state index in [0.717, 1.165) is 32.1 Å². The number of hydrogen-bond donors (Lipinski definition) is 1. The van der Waals surface area contributed by atoms with Gasteiger partial charge < -0.3 is 10.1 Å². The predicted molar refractivity (Wildman–Crippen MR) is 68.3 cm³/mol. The van der Waals surface area contributed by atoms with Gasteiger partial charge in [0.15, 0.2) is 0 Å². The lowest BCUT2D eigenvalue weighted by atomic mass is 9.88. The first kappa shape index (κ1) is 13.8. The van der Waals surface area contributed by atoms with E-state index in [4.69, 9.17) is 0 Å². The molecule has 1 saturated carbocycles. The monoisotopic (exact) mass is 269 g/mol. The van der Waals surface area contributed by atoms with Crippen LogP contribution in [0, 0.1) is 5.92 Å². The van der Waals surface area contributed by atoms with Crippen LogP contribution in [0.15, 0.2) is 24.3 Å². The Kier molecular flexibility index (Phi) is 4.71. The van der Waals surface area contributed by atoms with E-state index in [-0.39, 0.29) is 17.6 Å². The van der Waals surface area contributed by atoms with Crippen molar-refractivity contribution >= 4 is 11.6 Å². The van der Waals surface area contributed by atoms with Crippen molar-refractivity contribution in [1.29, 1.82) is 0 Å². The summed E-state index contributed by atoms with van der Waals surface area (Å²) in [4.78, 5) is 12.1. The molecular weight excluding hydrogens is 252 g/mol. The maximum Gasteiger partial charge on any atom is 0.387 e. The number of ether oxygens (including phenoxy) is 1. The van der Waals surface area contributed by atoms with Gasteiger partial charge in [0.2, 0.25) is 5.91 Å². The van der Waals surface area contributed by atoms with Crippen LogP contribution in [-0.4, -0.2) is 12.5 Å². The number of benzene rings is 1. The maximum absolute atomic E-state index is 12.3. The number of alkyl halides is 2. The zero-order valence-corrected chi connectivity index (χ0v) is 10.6. The predicted octanol–water partition coefficient (Wildman–Crippen LogP) is 3.81. The van der Waals surface area contributed by atoms with Crippen LogP contribution in [0.5, 0.6) is 5.75 Å². The summed E-state index contributed by atoms with van der Waals surface area (Å²) in [6.07, 6.45) is 4.99. The second-order valence-corrected chi connectivity index (χ2v) is 4.70. The number of rotatable bonds is 4. The van der Waals surface area contributed by atoms with Crippen molar-refractivity contribution in [3.05, 3.63) is 24.3 Å². The lowest BCUT2D eigenvalue weighted by Crippen LogP contribution is -2.25. The van der Waals surface area contributed by atoms with Gasteiger partial charge in [-0.25, -0.2) is 0 Å². The number of carbonyl (C=O) groups excluding carboxylic acids is 1. The Morgan fingerprint density at radius 2 is 1.89 bits per heavy atom. The highest BCUT2D eigenvalue weighted by Crippen LogP contribution is 2.29. The maximum atomic E-state index is 12.3. The van der Waals surface area contributed by atoms with Crippen molar-refractivity contribution in [2.75, 3.05) is 5.32 Å². The minimum atomic E-state index is -2.90. The Labute approximate surface area is 111 Å². The van der Waals surface area contributed by atoms with E-state index in [0.29, 0.717) is 5.69 Å². The second kappa shape index (κ2) is 6.50. The molecule has 0 atom stereocenters. The molecule has 0 unspecified atom stereocenters. The molecule has 0 aromatic heterocycles. The molecule has 1 fully saturated rings. The summed E-state index contributed by atoms with van der Waals surface area (Å²) < 4.78 is 28.9. The molecule has 0 radical (unpaired) electrons. The fourth-order valence-electron chi connectivity index (χ4n) is 2.37. The third kappa shape index (κ3) is 3.91. The van der Waals surface area contributed by atoms with Gasteiger partial charge in [-0.3, -0.25) is 4.79 Å². The van der Waals surface area contributed by atoms with Crippen molar-refractivity contribution < 1.29 is 18.3 Å². The minimum Gasteiger partial charge on any atom is -0.433 e. The largest absolute Gasteiger partial charge is 0.433 e. The summed E-state index contributed by atoms with van der Waals surface area (Å²) in [5.74, 6) is -0.125. The fraction of sp³-hybridized carbons (Fsp3) is 0.500. The Hall–Kier alpha value is -1.65. The number of anilines is 1. The zero-order valence-electron chi connectivity index (χ0n) is 10.6. The van der Waals surface area contributed by atoms with E-state index in [1.807, 2.05) is 0 Å². The number of para-hydroxylation sites is 2. The molecule has 0 bridgehead atoms. The molecule has 2 rings (SSSR count). The molecule has 1 aliphatic carbocycles. The highest BCUT2D eigenvalue weighted by atomic mass is 19.3. The number of amides is 1. The third-order valence-electron chi connectivity index (χ3n) is 3.34. The van der Waals surface area contributed by atoms with Gasteiger partial charge in [-0.15, -0.1) is 0 Å². The summed E-state index contributed by atoms with van der Waals surface area (Å²) in [6, 6.07) is 6.25. The Morgan fingerprint density at radius 1 is 1.21 bits per heavy atom. The molecule has 0 saturated heterocycles. The number of halogens is 2. The molecule has 1 amide bonds. The first-order valence-electron chi connectivity index (χ1n) is 6.51. The van der Waals surface area contributed by atoms with E-state index >= 15 is 0 Å². The van der Waals surface area contributed by atoms with E-state index in [1.165, 1.54) is 6.07 Å². The van der Waals surface area contributed by atoms with Gasteiger partial charge in [-0.2, -0.15) is 8.78 Å². The molecule has 1 aliphatic rings.